The third-order valence-corrected chi connectivity index (χ3v) is 5.63. The number of nitrogens with two attached hydrogens (primary N) is 1. The van der Waals surface area contributed by atoms with Crippen molar-refractivity contribution in [3.63, 3.8) is 0 Å². The molecule has 0 spiro atoms. The van der Waals surface area contributed by atoms with E-state index in [9.17, 15) is 14.8 Å². The van der Waals surface area contributed by atoms with Crippen LogP contribution in [-0.4, -0.2) is 61.2 Å². The predicted molar refractivity (Wildman–Crippen MR) is 123 cm³/mol. The molecule has 5 N–H and O–H groups in total. The third kappa shape index (κ3) is 3.75. The van der Waals surface area contributed by atoms with Crippen LogP contribution in [0.4, 0.5) is 11.5 Å². The van der Waals surface area contributed by atoms with Crippen molar-refractivity contribution in [1.82, 2.24) is 24.6 Å². The van der Waals surface area contributed by atoms with Gasteiger partial charge in [-0.15, -0.1) is 10.2 Å². The highest BCUT2D eigenvalue weighted by molar-refractivity contribution is 6.58. The summed E-state index contributed by atoms with van der Waals surface area (Å²) in [4.78, 5) is 23.3. The SMILES string of the molecule is CN1CCc2nc(-c3nnc4c(C(N)=O)cccn34)nc(NCc3cccc(B(O)O)c3)c21. The second-order valence-corrected chi connectivity index (χ2v) is 7.84. The van der Waals surface area contributed by atoms with Gasteiger partial charge >= 0.3 is 7.12 Å². The number of carbonyl (C=O) groups excluding carboxylic acids is 1. The molecule has 4 aromatic rings. The second kappa shape index (κ2) is 8.15. The first kappa shape index (κ1) is 20.9. The van der Waals surface area contributed by atoms with Gasteiger partial charge in [0.1, 0.15) is 5.69 Å². The van der Waals surface area contributed by atoms with Gasteiger partial charge in [0, 0.05) is 32.8 Å². The molecule has 0 saturated carbocycles. The summed E-state index contributed by atoms with van der Waals surface area (Å²) in [6.45, 7) is 1.23. The molecular formula is C21H21BN8O3. The lowest BCUT2D eigenvalue weighted by molar-refractivity contribution is 0.100. The molecule has 0 fully saturated rings. The summed E-state index contributed by atoms with van der Waals surface area (Å²) in [5, 5.41) is 30.6. The van der Waals surface area contributed by atoms with E-state index in [1.54, 1.807) is 40.9 Å². The molecule has 33 heavy (non-hydrogen) atoms. The molecule has 11 nitrogen and oxygen atoms in total. The average Bonchev–Trinajstić information content (AvgIpc) is 3.41. The monoisotopic (exact) mass is 444 g/mol. The average molecular weight is 444 g/mol. The van der Waals surface area contributed by atoms with Crippen LogP contribution in [0.1, 0.15) is 21.6 Å². The Morgan fingerprint density at radius 1 is 1.21 bits per heavy atom. The molecule has 0 atom stereocenters. The van der Waals surface area contributed by atoms with Crippen LogP contribution in [0.5, 0.6) is 0 Å². The Morgan fingerprint density at radius 2 is 2.06 bits per heavy atom. The van der Waals surface area contributed by atoms with Gasteiger partial charge in [-0.2, -0.15) is 0 Å². The van der Waals surface area contributed by atoms with Gasteiger partial charge < -0.3 is 26.0 Å². The number of aromatic nitrogens is 5. The van der Waals surface area contributed by atoms with Crippen molar-refractivity contribution >= 4 is 35.6 Å². The van der Waals surface area contributed by atoms with Gasteiger partial charge in [0.05, 0.1) is 11.3 Å². The van der Waals surface area contributed by atoms with E-state index in [0.29, 0.717) is 35.1 Å². The first-order valence-electron chi connectivity index (χ1n) is 10.4. The van der Waals surface area contributed by atoms with Crippen LogP contribution in [0.15, 0.2) is 42.6 Å². The van der Waals surface area contributed by atoms with Gasteiger partial charge in [-0.05, 0) is 23.2 Å². The van der Waals surface area contributed by atoms with Gasteiger partial charge in [-0.1, -0.05) is 24.3 Å². The Balaban J connectivity index is 1.55. The molecule has 166 valence electrons. The fourth-order valence-corrected chi connectivity index (χ4v) is 4.00. The van der Waals surface area contributed by atoms with E-state index < -0.39 is 13.0 Å². The fourth-order valence-electron chi connectivity index (χ4n) is 4.00. The van der Waals surface area contributed by atoms with Crippen molar-refractivity contribution in [1.29, 1.82) is 0 Å². The highest BCUT2D eigenvalue weighted by Gasteiger charge is 2.26. The Morgan fingerprint density at radius 3 is 2.85 bits per heavy atom. The van der Waals surface area contributed by atoms with Gasteiger partial charge in [0.15, 0.2) is 11.5 Å². The zero-order chi connectivity index (χ0) is 23.1. The lowest BCUT2D eigenvalue weighted by Gasteiger charge is -2.17. The molecule has 1 amide bonds. The van der Waals surface area contributed by atoms with E-state index in [1.165, 1.54) is 0 Å². The molecular weight excluding hydrogens is 423 g/mol. The van der Waals surface area contributed by atoms with Crippen molar-refractivity contribution in [3.8, 4) is 11.6 Å². The first-order chi connectivity index (χ1) is 15.9. The molecule has 4 heterocycles. The standard InChI is InChI=1S/C21H21BN8O3/c1-29-9-7-15-16(29)18(24-11-12-4-2-5-13(10-12)22(32)33)26-19(25-15)21-28-27-20-14(17(23)31)6-3-8-30(20)21/h2-6,8,10,32-33H,7,9,11H2,1H3,(H2,23,31)(H,24,25,26). The highest BCUT2D eigenvalue weighted by atomic mass is 16.4. The van der Waals surface area contributed by atoms with Crippen molar-refractivity contribution in [3.05, 3.63) is 59.4 Å². The molecule has 0 saturated heterocycles. The molecule has 0 bridgehead atoms. The zero-order valence-corrected chi connectivity index (χ0v) is 17.8. The van der Waals surface area contributed by atoms with E-state index >= 15 is 0 Å². The number of likely N-dealkylation sites (N-methyl/N-ethyl adjacent to an activating group) is 1. The highest BCUT2D eigenvalue weighted by Crippen LogP contribution is 2.34. The van der Waals surface area contributed by atoms with E-state index in [0.717, 1.165) is 29.9 Å². The number of hydrogen-bond acceptors (Lipinski definition) is 9. The Kier molecular flexibility index (Phi) is 5.15. The number of carbonyl (C=O) groups is 1. The lowest BCUT2D eigenvalue weighted by Crippen LogP contribution is -2.30. The number of nitrogens with one attached hydrogen (secondary N) is 1. The molecule has 1 aliphatic heterocycles. The number of nitrogens with zero attached hydrogens (tertiary/aromatic N) is 6. The smallest absolute Gasteiger partial charge is 0.423 e. The van der Waals surface area contributed by atoms with Gasteiger partial charge in [-0.3, -0.25) is 9.20 Å². The largest absolute Gasteiger partial charge is 0.488 e. The Bertz CT molecular complexity index is 1370. The van der Waals surface area contributed by atoms with Crippen LogP contribution in [0.25, 0.3) is 17.3 Å². The van der Waals surface area contributed by atoms with Crippen LogP contribution in [0.2, 0.25) is 0 Å². The summed E-state index contributed by atoms with van der Waals surface area (Å²) in [6, 6.07) is 10.3. The molecule has 0 radical (unpaired) electrons. The van der Waals surface area contributed by atoms with Crippen molar-refractivity contribution in [2.24, 2.45) is 5.73 Å². The third-order valence-electron chi connectivity index (χ3n) is 5.63. The number of anilines is 2. The lowest BCUT2D eigenvalue weighted by atomic mass is 9.80. The minimum absolute atomic E-state index is 0.265. The summed E-state index contributed by atoms with van der Waals surface area (Å²) in [5.74, 6) is 0.820. The topological polar surface area (TPSA) is 155 Å². The van der Waals surface area contributed by atoms with Crippen molar-refractivity contribution in [2.45, 2.75) is 13.0 Å². The van der Waals surface area contributed by atoms with E-state index in [4.69, 9.17) is 15.7 Å². The molecule has 1 aliphatic rings. The fraction of sp³-hybridized carbons (Fsp3) is 0.190. The van der Waals surface area contributed by atoms with E-state index in [2.05, 4.69) is 20.4 Å². The number of fused-ring (bicyclic) bond motifs is 2. The molecule has 5 rings (SSSR count). The Hall–Kier alpha value is -4.03. The molecule has 1 aromatic carbocycles. The number of amides is 1. The van der Waals surface area contributed by atoms with Crippen molar-refractivity contribution in [2.75, 3.05) is 23.8 Å². The van der Waals surface area contributed by atoms with Gasteiger partial charge in [0.25, 0.3) is 5.91 Å². The summed E-state index contributed by atoms with van der Waals surface area (Å²) in [5.41, 5.74) is 9.15. The maximum Gasteiger partial charge on any atom is 0.488 e. The zero-order valence-electron chi connectivity index (χ0n) is 17.8. The molecule has 0 aliphatic carbocycles. The van der Waals surface area contributed by atoms with E-state index in [1.807, 2.05) is 13.1 Å². The summed E-state index contributed by atoms with van der Waals surface area (Å²) < 4.78 is 1.65. The molecule has 0 unspecified atom stereocenters. The summed E-state index contributed by atoms with van der Waals surface area (Å²) in [7, 11) is 0.450. The molecule has 3 aromatic heterocycles. The van der Waals surface area contributed by atoms with Crippen LogP contribution in [-0.2, 0) is 13.0 Å². The van der Waals surface area contributed by atoms with Crippen molar-refractivity contribution < 1.29 is 14.8 Å². The predicted octanol–water partition coefficient (Wildman–Crippen LogP) is -0.431. The number of pyridine rings is 1. The summed E-state index contributed by atoms with van der Waals surface area (Å²) in [6.07, 6.45) is 2.49. The number of rotatable bonds is 6. The Labute approximate surface area is 189 Å². The van der Waals surface area contributed by atoms with E-state index in [-0.39, 0.29) is 5.56 Å². The number of hydrogen-bond donors (Lipinski definition) is 4. The van der Waals surface area contributed by atoms with Gasteiger partial charge in [-0.25, -0.2) is 9.97 Å². The first-order valence-corrected chi connectivity index (χ1v) is 10.4. The second-order valence-electron chi connectivity index (χ2n) is 7.84. The minimum Gasteiger partial charge on any atom is -0.423 e. The molecule has 12 heteroatoms. The van der Waals surface area contributed by atoms with Crippen LogP contribution < -0.4 is 21.4 Å². The maximum atomic E-state index is 11.8. The van der Waals surface area contributed by atoms with Gasteiger partial charge in [0.2, 0.25) is 11.6 Å². The van der Waals surface area contributed by atoms with Crippen LogP contribution in [0.3, 0.4) is 0 Å². The normalized spacial score (nSPS) is 12.8. The number of primary amides is 1. The minimum atomic E-state index is -1.53. The van der Waals surface area contributed by atoms with Crippen LogP contribution in [0, 0.1) is 0 Å². The number of benzene rings is 1. The maximum absolute atomic E-state index is 11.8. The van der Waals surface area contributed by atoms with Crippen LogP contribution >= 0.6 is 0 Å². The quantitative estimate of drug-likeness (QED) is 0.290. The summed E-state index contributed by atoms with van der Waals surface area (Å²) >= 11 is 0.